The minimum atomic E-state index is -0.589. The van der Waals surface area contributed by atoms with E-state index in [0.717, 1.165) is 0 Å². The molecule has 6 heteroatoms. The van der Waals surface area contributed by atoms with E-state index in [-0.39, 0.29) is 18.7 Å². The molecule has 1 heterocycles. The third kappa shape index (κ3) is 5.20. The van der Waals surface area contributed by atoms with Gasteiger partial charge in [-0.05, 0) is 20.8 Å². The summed E-state index contributed by atoms with van der Waals surface area (Å²) in [5, 5.41) is 9.48. The molecule has 18 heavy (non-hydrogen) atoms. The third-order valence-corrected chi connectivity index (χ3v) is 2.60. The minimum Gasteiger partial charge on any atom is -0.444 e. The largest absolute Gasteiger partial charge is 0.444 e. The summed E-state index contributed by atoms with van der Waals surface area (Å²) in [4.78, 5) is 13.5. The van der Waals surface area contributed by atoms with Crippen LogP contribution < -0.4 is 5.73 Å². The van der Waals surface area contributed by atoms with Gasteiger partial charge < -0.3 is 25.2 Å². The van der Waals surface area contributed by atoms with Crippen molar-refractivity contribution in [3.05, 3.63) is 0 Å². The zero-order valence-electron chi connectivity index (χ0n) is 11.4. The molecule has 1 aliphatic heterocycles. The van der Waals surface area contributed by atoms with Crippen LogP contribution in [0.3, 0.4) is 0 Å². The number of ether oxygens (including phenoxy) is 2. The van der Waals surface area contributed by atoms with Gasteiger partial charge in [-0.1, -0.05) is 0 Å². The molecule has 0 spiro atoms. The highest BCUT2D eigenvalue weighted by Crippen LogP contribution is 2.15. The van der Waals surface area contributed by atoms with Crippen LogP contribution in [0.2, 0.25) is 0 Å². The molecule has 0 saturated carbocycles. The lowest BCUT2D eigenvalue weighted by Gasteiger charge is -2.34. The Labute approximate surface area is 108 Å². The molecule has 0 aliphatic carbocycles. The van der Waals surface area contributed by atoms with Crippen molar-refractivity contribution < 1.29 is 19.4 Å². The normalized spacial score (nSPS) is 22.7. The van der Waals surface area contributed by atoms with Crippen LogP contribution in [0.25, 0.3) is 0 Å². The second-order valence-electron chi connectivity index (χ2n) is 5.54. The van der Waals surface area contributed by atoms with Gasteiger partial charge in [0.2, 0.25) is 0 Å². The van der Waals surface area contributed by atoms with Crippen LogP contribution in [0.4, 0.5) is 4.79 Å². The van der Waals surface area contributed by atoms with Gasteiger partial charge in [0.15, 0.2) is 0 Å². The quantitative estimate of drug-likeness (QED) is 0.764. The summed E-state index contributed by atoms with van der Waals surface area (Å²) in [5.74, 6) is 0. The summed E-state index contributed by atoms with van der Waals surface area (Å²) in [5.41, 5.74) is 4.86. The van der Waals surface area contributed by atoms with Gasteiger partial charge in [-0.15, -0.1) is 0 Å². The van der Waals surface area contributed by atoms with E-state index in [4.69, 9.17) is 15.2 Å². The zero-order chi connectivity index (χ0) is 13.8. The average molecular weight is 260 g/mol. The summed E-state index contributed by atoms with van der Waals surface area (Å²) in [7, 11) is 0. The standard InChI is InChI=1S/C12H24N2O4/c1-12(2,3)18-11(16)14-4-5-17-10(8-14)6-9(15)7-13/h9-10,15H,4-8,13H2,1-3H3. The van der Waals surface area contributed by atoms with Gasteiger partial charge >= 0.3 is 6.09 Å². The van der Waals surface area contributed by atoms with Crippen LogP contribution in [0.5, 0.6) is 0 Å². The fraction of sp³-hybridized carbons (Fsp3) is 0.917. The predicted octanol–water partition coefficient (Wildman–Crippen LogP) is 0.332. The Morgan fingerprint density at radius 2 is 2.28 bits per heavy atom. The van der Waals surface area contributed by atoms with Gasteiger partial charge in [0.05, 0.1) is 25.4 Å². The number of amides is 1. The van der Waals surface area contributed by atoms with Gasteiger partial charge in [0.25, 0.3) is 0 Å². The fourth-order valence-electron chi connectivity index (χ4n) is 1.75. The summed E-state index contributed by atoms with van der Waals surface area (Å²) < 4.78 is 10.8. The molecule has 0 aromatic carbocycles. The molecule has 106 valence electrons. The van der Waals surface area contributed by atoms with E-state index in [1.807, 2.05) is 20.8 Å². The van der Waals surface area contributed by atoms with Gasteiger partial charge in [0.1, 0.15) is 5.60 Å². The third-order valence-electron chi connectivity index (χ3n) is 2.60. The van der Waals surface area contributed by atoms with Crippen LogP contribution in [-0.4, -0.2) is 60.1 Å². The molecule has 2 atom stereocenters. The van der Waals surface area contributed by atoms with Crippen molar-refractivity contribution in [3.8, 4) is 0 Å². The Kier molecular flexibility index (Phi) is 5.37. The lowest BCUT2D eigenvalue weighted by molar-refractivity contribution is -0.0562. The van der Waals surface area contributed by atoms with Crippen molar-refractivity contribution in [1.82, 2.24) is 4.90 Å². The Bertz CT molecular complexity index is 278. The minimum absolute atomic E-state index is 0.176. The van der Waals surface area contributed by atoms with Crippen LogP contribution >= 0.6 is 0 Å². The molecule has 3 N–H and O–H groups in total. The first-order chi connectivity index (χ1) is 8.31. The maximum absolute atomic E-state index is 11.9. The van der Waals surface area contributed by atoms with E-state index in [2.05, 4.69) is 0 Å². The van der Waals surface area contributed by atoms with Crippen LogP contribution in [-0.2, 0) is 9.47 Å². The topological polar surface area (TPSA) is 85.0 Å². The maximum atomic E-state index is 11.9. The average Bonchev–Trinajstić information content (AvgIpc) is 2.27. The fourth-order valence-corrected chi connectivity index (χ4v) is 1.75. The molecule has 1 fully saturated rings. The van der Waals surface area contributed by atoms with E-state index in [1.165, 1.54) is 0 Å². The number of nitrogens with zero attached hydrogens (tertiary/aromatic N) is 1. The number of morpholine rings is 1. The highest BCUT2D eigenvalue weighted by molar-refractivity contribution is 5.68. The number of carbonyl (C=O) groups excluding carboxylic acids is 1. The predicted molar refractivity (Wildman–Crippen MR) is 67.2 cm³/mol. The SMILES string of the molecule is CC(C)(C)OC(=O)N1CCOC(CC(O)CN)C1. The summed E-state index contributed by atoms with van der Waals surface area (Å²) >= 11 is 0. The molecule has 0 bridgehead atoms. The number of aliphatic hydroxyl groups is 1. The van der Waals surface area contributed by atoms with Gasteiger partial charge in [0, 0.05) is 19.5 Å². The molecule has 0 aromatic heterocycles. The second-order valence-corrected chi connectivity index (χ2v) is 5.54. The number of carbonyl (C=O) groups is 1. The number of hydrogen-bond acceptors (Lipinski definition) is 5. The molecular formula is C12H24N2O4. The number of rotatable bonds is 3. The molecule has 1 rings (SSSR count). The first-order valence-electron chi connectivity index (χ1n) is 6.29. The molecule has 1 saturated heterocycles. The van der Waals surface area contributed by atoms with E-state index in [0.29, 0.717) is 26.1 Å². The van der Waals surface area contributed by atoms with Gasteiger partial charge in [-0.3, -0.25) is 0 Å². The van der Waals surface area contributed by atoms with Crippen LogP contribution in [0.15, 0.2) is 0 Å². The monoisotopic (exact) mass is 260 g/mol. The van der Waals surface area contributed by atoms with Crippen molar-refractivity contribution in [2.75, 3.05) is 26.2 Å². The lowest BCUT2D eigenvalue weighted by atomic mass is 10.1. The van der Waals surface area contributed by atoms with E-state index in [1.54, 1.807) is 4.90 Å². The maximum Gasteiger partial charge on any atom is 0.410 e. The second kappa shape index (κ2) is 6.36. The Morgan fingerprint density at radius 3 is 2.83 bits per heavy atom. The number of nitrogens with two attached hydrogens (primary N) is 1. The first-order valence-corrected chi connectivity index (χ1v) is 6.29. The van der Waals surface area contributed by atoms with Crippen molar-refractivity contribution in [2.24, 2.45) is 5.73 Å². The van der Waals surface area contributed by atoms with Gasteiger partial charge in [-0.2, -0.15) is 0 Å². The Balaban J connectivity index is 2.45. The summed E-state index contributed by atoms with van der Waals surface area (Å²) in [6.45, 7) is 7.12. The summed E-state index contributed by atoms with van der Waals surface area (Å²) in [6, 6.07) is 0. The Hall–Kier alpha value is -0.850. The van der Waals surface area contributed by atoms with Crippen LogP contribution in [0.1, 0.15) is 27.2 Å². The Morgan fingerprint density at radius 1 is 1.61 bits per heavy atom. The number of hydrogen-bond donors (Lipinski definition) is 2. The van der Waals surface area contributed by atoms with Crippen molar-refractivity contribution in [3.63, 3.8) is 0 Å². The molecule has 1 amide bonds. The van der Waals surface area contributed by atoms with Gasteiger partial charge in [-0.25, -0.2) is 4.79 Å². The molecule has 1 aliphatic rings. The van der Waals surface area contributed by atoms with Crippen LogP contribution in [0, 0.1) is 0 Å². The highest BCUT2D eigenvalue weighted by Gasteiger charge is 2.28. The zero-order valence-corrected chi connectivity index (χ0v) is 11.4. The van der Waals surface area contributed by atoms with Crippen molar-refractivity contribution in [2.45, 2.75) is 45.0 Å². The number of aliphatic hydroxyl groups excluding tert-OH is 1. The summed E-state index contributed by atoms with van der Waals surface area (Å²) in [6.07, 6.45) is -0.660. The molecule has 0 aromatic rings. The molecule has 6 nitrogen and oxygen atoms in total. The smallest absolute Gasteiger partial charge is 0.410 e. The molecular weight excluding hydrogens is 236 g/mol. The van der Waals surface area contributed by atoms with E-state index >= 15 is 0 Å². The van der Waals surface area contributed by atoms with Crippen molar-refractivity contribution >= 4 is 6.09 Å². The highest BCUT2D eigenvalue weighted by atomic mass is 16.6. The first kappa shape index (κ1) is 15.2. The van der Waals surface area contributed by atoms with E-state index in [9.17, 15) is 9.90 Å². The lowest BCUT2D eigenvalue weighted by Crippen LogP contribution is -2.48. The molecule has 2 unspecified atom stereocenters. The van der Waals surface area contributed by atoms with Crippen molar-refractivity contribution in [1.29, 1.82) is 0 Å². The van der Waals surface area contributed by atoms with E-state index < -0.39 is 11.7 Å². The molecule has 0 radical (unpaired) electrons.